The van der Waals surface area contributed by atoms with E-state index in [0.717, 1.165) is 44.8 Å². The predicted molar refractivity (Wildman–Crippen MR) is 72.0 cm³/mol. The Hall–Kier alpha value is -0.570. The van der Waals surface area contributed by atoms with E-state index < -0.39 is 0 Å². The van der Waals surface area contributed by atoms with Crippen LogP contribution in [0, 0.1) is 5.92 Å². The summed E-state index contributed by atoms with van der Waals surface area (Å²) in [6.07, 6.45) is 7.94. The number of piperidine rings is 1. The van der Waals surface area contributed by atoms with E-state index >= 15 is 0 Å². The Morgan fingerprint density at radius 1 is 1.41 bits per heavy atom. The minimum absolute atomic E-state index is 0.326. The van der Waals surface area contributed by atoms with Crippen molar-refractivity contribution in [3.8, 4) is 0 Å². The van der Waals surface area contributed by atoms with Gasteiger partial charge in [0.15, 0.2) is 0 Å². The highest BCUT2D eigenvalue weighted by Gasteiger charge is 2.15. The first-order valence-corrected chi connectivity index (χ1v) is 7.18. The van der Waals surface area contributed by atoms with Gasteiger partial charge in [-0.1, -0.05) is 19.8 Å². The average Bonchev–Trinajstić information content (AvgIpc) is 2.37. The van der Waals surface area contributed by atoms with Gasteiger partial charge in [0.25, 0.3) is 0 Å². The standard InChI is InChI=1S/C14H28N2O/c1-3-4-5-11-16(2)14(17)9-8-13-7-6-10-15-12-13/h13,15H,3-12H2,1-2H3. The number of nitrogens with zero attached hydrogens (tertiary/aromatic N) is 1. The van der Waals surface area contributed by atoms with Crippen LogP contribution in [0.2, 0.25) is 0 Å². The molecule has 1 heterocycles. The minimum Gasteiger partial charge on any atom is -0.346 e. The van der Waals surface area contributed by atoms with Crippen molar-refractivity contribution in [1.29, 1.82) is 0 Å². The highest BCUT2D eigenvalue weighted by Crippen LogP contribution is 2.16. The summed E-state index contributed by atoms with van der Waals surface area (Å²) in [7, 11) is 1.94. The summed E-state index contributed by atoms with van der Waals surface area (Å²) in [6, 6.07) is 0. The van der Waals surface area contributed by atoms with Crippen LogP contribution >= 0.6 is 0 Å². The van der Waals surface area contributed by atoms with Gasteiger partial charge in [0, 0.05) is 20.0 Å². The van der Waals surface area contributed by atoms with Crippen LogP contribution in [0.25, 0.3) is 0 Å². The summed E-state index contributed by atoms with van der Waals surface area (Å²) in [5.41, 5.74) is 0. The van der Waals surface area contributed by atoms with Gasteiger partial charge in [0.2, 0.25) is 5.91 Å². The molecule has 1 aliphatic heterocycles. The molecule has 0 aromatic carbocycles. The van der Waals surface area contributed by atoms with E-state index in [4.69, 9.17) is 0 Å². The second-order valence-electron chi connectivity index (χ2n) is 5.27. The summed E-state index contributed by atoms with van der Waals surface area (Å²) >= 11 is 0. The normalized spacial score (nSPS) is 20.2. The van der Waals surface area contributed by atoms with Crippen LogP contribution in [0.3, 0.4) is 0 Å². The van der Waals surface area contributed by atoms with E-state index in [2.05, 4.69) is 12.2 Å². The molecule has 1 saturated heterocycles. The van der Waals surface area contributed by atoms with Crippen molar-refractivity contribution < 1.29 is 4.79 Å². The zero-order valence-corrected chi connectivity index (χ0v) is 11.5. The van der Waals surface area contributed by atoms with Crippen molar-refractivity contribution in [1.82, 2.24) is 10.2 Å². The highest BCUT2D eigenvalue weighted by atomic mass is 16.2. The van der Waals surface area contributed by atoms with Gasteiger partial charge < -0.3 is 10.2 Å². The van der Waals surface area contributed by atoms with Crippen LogP contribution in [0.5, 0.6) is 0 Å². The van der Waals surface area contributed by atoms with Gasteiger partial charge in [0.1, 0.15) is 0 Å². The largest absolute Gasteiger partial charge is 0.346 e. The molecule has 0 saturated carbocycles. The maximum Gasteiger partial charge on any atom is 0.222 e. The Morgan fingerprint density at radius 3 is 2.88 bits per heavy atom. The van der Waals surface area contributed by atoms with Crippen LogP contribution in [0.15, 0.2) is 0 Å². The third-order valence-electron chi connectivity index (χ3n) is 3.69. The molecule has 1 aliphatic rings. The highest BCUT2D eigenvalue weighted by molar-refractivity contribution is 5.75. The Morgan fingerprint density at radius 2 is 2.24 bits per heavy atom. The smallest absolute Gasteiger partial charge is 0.222 e. The van der Waals surface area contributed by atoms with E-state index in [1.165, 1.54) is 25.7 Å². The third-order valence-corrected chi connectivity index (χ3v) is 3.69. The molecular weight excluding hydrogens is 212 g/mol. The van der Waals surface area contributed by atoms with Gasteiger partial charge in [-0.25, -0.2) is 0 Å². The Labute approximate surface area is 106 Å². The lowest BCUT2D eigenvalue weighted by molar-refractivity contribution is -0.130. The topological polar surface area (TPSA) is 32.3 Å². The van der Waals surface area contributed by atoms with Crippen molar-refractivity contribution >= 4 is 5.91 Å². The number of hydrogen-bond donors (Lipinski definition) is 1. The molecule has 0 bridgehead atoms. The lowest BCUT2D eigenvalue weighted by atomic mass is 9.94. The first-order chi connectivity index (χ1) is 8.24. The number of hydrogen-bond acceptors (Lipinski definition) is 2. The number of nitrogens with one attached hydrogen (secondary N) is 1. The fourth-order valence-electron chi connectivity index (χ4n) is 2.41. The fraction of sp³-hybridized carbons (Fsp3) is 0.929. The van der Waals surface area contributed by atoms with E-state index in [1.807, 2.05) is 11.9 Å². The molecule has 100 valence electrons. The first-order valence-electron chi connectivity index (χ1n) is 7.18. The van der Waals surface area contributed by atoms with Crippen LogP contribution in [0.4, 0.5) is 0 Å². The first kappa shape index (κ1) is 14.5. The Kier molecular flexibility index (Phi) is 7.25. The van der Waals surface area contributed by atoms with Crippen molar-refractivity contribution in [3.63, 3.8) is 0 Å². The van der Waals surface area contributed by atoms with Crippen LogP contribution in [0.1, 0.15) is 51.9 Å². The second kappa shape index (κ2) is 8.51. The molecule has 17 heavy (non-hydrogen) atoms. The Balaban J connectivity index is 2.10. The van der Waals surface area contributed by atoms with Crippen molar-refractivity contribution in [2.24, 2.45) is 5.92 Å². The third kappa shape index (κ3) is 6.06. The van der Waals surface area contributed by atoms with E-state index in [9.17, 15) is 4.79 Å². The van der Waals surface area contributed by atoms with Crippen molar-refractivity contribution in [3.05, 3.63) is 0 Å². The number of rotatable bonds is 7. The molecular formula is C14H28N2O. The van der Waals surface area contributed by atoms with E-state index in [0.29, 0.717) is 5.91 Å². The van der Waals surface area contributed by atoms with Crippen LogP contribution < -0.4 is 5.32 Å². The number of carbonyl (C=O) groups is 1. The maximum atomic E-state index is 11.9. The van der Waals surface area contributed by atoms with Gasteiger partial charge in [-0.05, 0) is 44.7 Å². The zero-order chi connectivity index (χ0) is 12.5. The molecule has 3 nitrogen and oxygen atoms in total. The molecule has 0 radical (unpaired) electrons. The van der Waals surface area contributed by atoms with Gasteiger partial charge >= 0.3 is 0 Å². The van der Waals surface area contributed by atoms with Gasteiger partial charge in [-0.15, -0.1) is 0 Å². The predicted octanol–water partition coefficient (Wildman–Crippen LogP) is 2.41. The van der Waals surface area contributed by atoms with E-state index in [-0.39, 0.29) is 0 Å². The summed E-state index contributed by atoms with van der Waals surface area (Å²) in [5.74, 6) is 1.04. The van der Waals surface area contributed by atoms with Crippen molar-refractivity contribution in [2.45, 2.75) is 51.9 Å². The van der Waals surface area contributed by atoms with Crippen LogP contribution in [-0.4, -0.2) is 37.5 Å². The molecule has 0 aliphatic carbocycles. The molecule has 1 atom stereocenters. The van der Waals surface area contributed by atoms with Gasteiger partial charge in [-0.3, -0.25) is 4.79 Å². The van der Waals surface area contributed by atoms with Crippen LogP contribution in [-0.2, 0) is 4.79 Å². The molecule has 1 unspecified atom stereocenters. The molecule has 1 amide bonds. The number of unbranched alkanes of at least 4 members (excludes halogenated alkanes) is 2. The SMILES string of the molecule is CCCCCN(C)C(=O)CCC1CCCNC1. The molecule has 0 aromatic rings. The zero-order valence-electron chi connectivity index (χ0n) is 11.5. The molecule has 0 aromatic heterocycles. The second-order valence-corrected chi connectivity index (χ2v) is 5.27. The molecule has 3 heteroatoms. The monoisotopic (exact) mass is 240 g/mol. The molecule has 1 rings (SSSR count). The summed E-state index contributed by atoms with van der Waals surface area (Å²) < 4.78 is 0. The molecule has 1 N–H and O–H groups in total. The average molecular weight is 240 g/mol. The summed E-state index contributed by atoms with van der Waals surface area (Å²) in [4.78, 5) is 13.8. The Bertz CT molecular complexity index is 212. The lowest BCUT2D eigenvalue weighted by Crippen LogP contribution is -2.32. The van der Waals surface area contributed by atoms with Crippen molar-refractivity contribution in [2.75, 3.05) is 26.7 Å². The lowest BCUT2D eigenvalue weighted by Gasteiger charge is -2.23. The number of carbonyl (C=O) groups excluding carboxylic acids is 1. The van der Waals surface area contributed by atoms with Gasteiger partial charge in [-0.2, -0.15) is 0 Å². The maximum absolute atomic E-state index is 11.9. The fourth-order valence-corrected chi connectivity index (χ4v) is 2.41. The molecule has 0 spiro atoms. The summed E-state index contributed by atoms with van der Waals surface area (Å²) in [6.45, 7) is 5.38. The minimum atomic E-state index is 0.326. The quantitative estimate of drug-likeness (QED) is 0.693. The van der Waals surface area contributed by atoms with Gasteiger partial charge in [0.05, 0.1) is 0 Å². The van der Waals surface area contributed by atoms with E-state index in [1.54, 1.807) is 0 Å². The number of amides is 1. The summed E-state index contributed by atoms with van der Waals surface area (Å²) in [5, 5.41) is 3.40. The molecule has 1 fully saturated rings.